The van der Waals surface area contributed by atoms with Crippen molar-refractivity contribution in [2.75, 3.05) is 41.5 Å². The van der Waals surface area contributed by atoms with Crippen molar-refractivity contribution in [3.05, 3.63) is 40.2 Å². The second-order valence-corrected chi connectivity index (χ2v) is 14.5. The van der Waals surface area contributed by atoms with E-state index >= 15 is 0 Å². The number of nitrogen functional groups attached to an aromatic ring is 1. The number of hydrogen-bond donors (Lipinski definition) is 12. The van der Waals surface area contributed by atoms with Crippen LogP contribution in [0.25, 0.3) is 0 Å². The van der Waals surface area contributed by atoms with Gasteiger partial charge in [0.25, 0.3) is 5.56 Å². The van der Waals surface area contributed by atoms with Crippen molar-refractivity contribution in [1.82, 2.24) is 9.97 Å². The first-order valence-corrected chi connectivity index (χ1v) is 18.3. The summed E-state index contributed by atoms with van der Waals surface area (Å²) < 4.78 is 32.0. The van der Waals surface area contributed by atoms with Crippen LogP contribution < -0.4 is 26.8 Å². The molecule has 1 aromatic heterocycles. The Morgan fingerprint density at radius 1 is 1.13 bits per heavy atom. The highest BCUT2D eigenvalue weighted by atomic mass is 31.2. The number of fused-ring (bicyclic) bond motifs is 1. The summed E-state index contributed by atoms with van der Waals surface area (Å²) in [6.45, 7) is 2.34. The average Bonchev–Trinajstić information content (AvgIpc) is 3.35. The molecule has 0 aliphatic carbocycles. The largest absolute Gasteiger partial charge is 0.481 e. The maximum atomic E-state index is 12.6. The molecular weight excluding hydrogens is 743 g/mol. The maximum absolute atomic E-state index is 12.6. The van der Waals surface area contributed by atoms with Gasteiger partial charge in [-0.2, -0.15) is 4.98 Å². The fraction of sp³-hybridized carbons (Fsp3) is 0.613. The Morgan fingerprint density at radius 3 is 2.43 bits per heavy atom. The number of aromatic amines is 1. The van der Waals surface area contributed by atoms with Crippen molar-refractivity contribution in [2.45, 2.75) is 100 Å². The second kappa shape index (κ2) is 18.1. The third-order valence-electron chi connectivity index (χ3n) is 8.99. The summed E-state index contributed by atoms with van der Waals surface area (Å²) in [5, 5.41) is 76.8. The molecule has 0 spiro atoms. The van der Waals surface area contributed by atoms with Crippen LogP contribution in [0.2, 0.25) is 0 Å². The Kier molecular flexibility index (Phi) is 14.4. The Morgan fingerprint density at radius 2 is 1.80 bits per heavy atom. The van der Waals surface area contributed by atoms with E-state index in [2.05, 4.69) is 29.6 Å². The molecule has 4 rings (SSSR count). The third-order valence-corrected chi connectivity index (χ3v) is 9.99. The van der Waals surface area contributed by atoms with E-state index in [9.17, 15) is 49.4 Å². The Balaban J connectivity index is 1.23. The topological polar surface area (TPSA) is 349 Å². The normalized spacial score (nSPS) is 26.4. The average molecular weight is 791 g/mol. The fourth-order valence-electron chi connectivity index (χ4n) is 6.29. The number of rotatable bonds is 19. The number of benzene rings is 1. The van der Waals surface area contributed by atoms with E-state index in [4.69, 9.17) is 25.4 Å². The van der Waals surface area contributed by atoms with Crippen molar-refractivity contribution < 1.29 is 73.3 Å². The van der Waals surface area contributed by atoms with Crippen LogP contribution in [0.5, 0.6) is 0 Å². The molecule has 1 aromatic carbocycles. The number of aliphatic hydroxyl groups is 5. The fourth-order valence-corrected chi connectivity index (χ4v) is 7.20. The molecule has 0 amide bonds. The van der Waals surface area contributed by atoms with Gasteiger partial charge in [0.1, 0.15) is 36.2 Å². The van der Waals surface area contributed by atoms with Gasteiger partial charge in [0, 0.05) is 37.7 Å². The van der Waals surface area contributed by atoms with Crippen LogP contribution in [0.3, 0.4) is 0 Å². The van der Waals surface area contributed by atoms with Gasteiger partial charge in [-0.05, 0) is 38.0 Å². The van der Waals surface area contributed by atoms with Crippen molar-refractivity contribution in [3.8, 4) is 0 Å². The highest BCUT2D eigenvalue weighted by Crippen LogP contribution is 2.46. The van der Waals surface area contributed by atoms with Crippen LogP contribution in [-0.4, -0.2) is 150 Å². The second-order valence-electron chi connectivity index (χ2n) is 13.1. The summed E-state index contributed by atoms with van der Waals surface area (Å²) in [6.07, 6.45) is -14.9. The van der Waals surface area contributed by atoms with E-state index in [1.165, 1.54) is 0 Å². The van der Waals surface area contributed by atoms with E-state index in [0.717, 1.165) is 5.69 Å². The molecule has 2 aromatic rings. The van der Waals surface area contributed by atoms with Crippen LogP contribution in [0, 0.1) is 0 Å². The van der Waals surface area contributed by atoms with Gasteiger partial charge in [0.05, 0.1) is 25.4 Å². The van der Waals surface area contributed by atoms with E-state index in [-0.39, 0.29) is 36.1 Å². The van der Waals surface area contributed by atoms with Crippen molar-refractivity contribution in [1.29, 1.82) is 0 Å². The number of carboxylic acid groups (broad SMARTS) is 2. The zero-order valence-electron chi connectivity index (χ0n) is 29.5. The van der Waals surface area contributed by atoms with Gasteiger partial charge in [0.15, 0.2) is 18.2 Å². The maximum Gasteiger partial charge on any atom is 0.473 e. The number of phosphoric acid groups is 1. The highest BCUT2D eigenvalue weighted by Gasteiger charge is 2.45. The van der Waals surface area contributed by atoms with Gasteiger partial charge in [0.2, 0.25) is 5.95 Å². The zero-order chi connectivity index (χ0) is 40.1. The number of phosphoric ester groups is 1. The van der Waals surface area contributed by atoms with Crippen molar-refractivity contribution >= 4 is 42.9 Å². The van der Waals surface area contributed by atoms with E-state index in [1.54, 1.807) is 31.3 Å². The molecule has 13 N–H and O–H groups in total. The van der Waals surface area contributed by atoms with Gasteiger partial charge in [-0.25, -0.2) is 9.36 Å². The minimum absolute atomic E-state index is 0.0103. The lowest BCUT2D eigenvalue weighted by molar-refractivity contribution is -0.192. The summed E-state index contributed by atoms with van der Waals surface area (Å²) in [7, 11) is -3.31. The number of aliphatic carboxylic acids is 2. The van der Waals surface area contributed by atoms with Gasteiger partial charge in [-0.15, -0.1) is 0 Å². The summed E-state index contributed by atoms with van der Waals surface area (Å²) in [5.74, 6) is -2.68. The van der Waals surface area contributed by atoms with Gasteiger partial charge < -0.3 is 71.4 Å². The minimum Gasteiger partial charge on any atom is -0.481 e. The summed E-state index contributed by atoms with van der Waals surface area (Å²) >= 11 is 0. The minimum atomic E-state index is -5.11. The smallest absolute Gasteiger partial charge is 0.473 e. The van der Waals surface area contributed by atoms with E-state index < -0.39 is 94.8 Å². The van der Waals surface area contributed by atoms with Gasteiger partial charge in [-0.1, -0.05) is 12.1 Å². The number of aromatic nitrogens is 2. The standard InChI is InChI=1S/C31H47N6O16P/c1-13(22-14(2)34-27-23(37(22)3)28(45)36-31(32)35-27)33-16-6-4-15(5-7-16)10-17(38)24(42)18(39)11-50-30-26(44)25(43)20(52-30)12-51-54(48,49)53-19(29(46)47)8-9-21(40)41/h4-7,13-14,17-20,22,24-26,30,33,38-39,42-44H,8-12H2,1-3H3,(H,40,41)(H,46,47)(H,48,49)(H4,32,34,35,36,45). The molecular formula is C31H47N6O16P. The number of anilines is 4. The molecule has 0 saturated carbocycles. The van der Waals surface area contributed by atoms with E-state index in [1.807, 2.05) is 18.7 Å². The predicted molar refractivity (Wildman–Crippen MR) is 188 cm³/mol. The monoisotopic (exact) mass is 790 g/mol. The number of likely N-dealkylation sites (N-methyl/N-ethyl adjacent to an activating group) is 1. The van der Waals surface area contributed by atoms with Crippen molar-refractivity contribution in [3.63, 3.8) is 0 Å². The number of ether oxygens (including phenoxy) is 2. The molecule has 0 bridgehead atoms. The molecule has 54 heavy (non-hydrogen) atoms. The molecule has 12 atom stereocenters. The number of hydrogen-bond acceptors (Lipinski definition) is 18. The molecule has 3 heterocycles. The quantitative estimate of drug-likeness (QED) is 0.0685. The SMILES string of the molecule is CC(Nc1ccc(CC(O)C(O)C(O)COC2OC(COP(=O)(O)OC(CCC(=O)O)C(=O)O)C(O)C2O)cc1)C1C(C)Nc2nc(N)[nH]c(=O)c2N1C. The first-order chi connectivity index (χ1) is 25.3. The number of carboxylic acids is 2. The Labute approximate surface area is 308 Å². The van der Waals surface area contributed by atoms with Crippen LogP contribution in [0.4, 0.5) is 23.1 Å². The van der Waals surface area contributed by atoms with E-state index in [0.29, 0.717) is 17.1 Å². The van der Waals surface area contributed by atoms with Gasteiger partial charge in [-0.3, -0.25) is 23.6 Å². The first-order valence-electron chi connectivity index (χ1n) is 16.8. The molecule has 23 heteroatoms. The van der Waals surface area contributed by atoms with Crippen molar-refractivity contribution in [2.24, 2.45) is 0 Å². The summed E-state index contributed by atoms with van der Waals surface area (Å²) in [6, 6.07) is 6.52. The first kappa shape index (κ1) is 42.8. The number of nitrogens with zero attached hydrogens (tertiary/aromatic N) is 2. The zero-order valence-corrected chi connectivity index (χ0v) is 30.4. The Bertz CT molecular complexity index is 1700. The van der Waals surface area contributed by atoms with Gasteiger partial charge >= 0.3 is 19.8 Å². The highest BCUT2D eigenvalue weighted by molar-refractivity contribution is 7.47. The molecule has 302 valence electrons. The van der Waals surface area contributed by atoms with Crippen LogP contribution in [-0.2, 0) is 39.1 Å². The van der Waals surface area contributed by atoms with Crippen LogP contribution in [0.15, 0.2) is 29.1 Å². The predicted octanol–water partition coefficient (Wildman–Crippen LogP) is -1.99. The number of H-pyrrole nitrogens is 1. The lowest BCUT2D eigenvalue weighted by Crippen LogP contribution is -2.57. The molecule has 2 aliphatic rings. The molecule has 1 fully saturated rings. The molecule has 2 aliphatic heterocycles. The third kappa shape index (κ3) is 10.9. The number of nitrogens with one attached hydrogen (secondary N) is 3. The van der Waals surface area contributed by atoms with Crippen LogP contribution in [0.1, 0.15) is 32.3 Å². The summed E-state index contributed by atoms with van der Waals surface area (Å²) in [4.78, 5) is 53.0. The molecule has 22 nitrogen and oxygen atoms in total. The molecule has 12 unspecified atom stereocenters. The molecule has 0 radical (unpaired) electrons. The lowest BCUT2D eigenvalue weighted by atomic mass is 9.97. The Hall–Kier alpha value is -3.93. The lowest BCUT2D eigenvalue weighted by Gasteiger charge is -2.43. The van der Waals surface area contributed by atoms with Crippen LogP contribution >= 0.6 is 7.82 Å². The number of nitrogens with two attached hydrogens (primary N) is 1. The summed E-state index contributed by atoms with van der Waals surface area (Å²) in [5.41, 5.74) is 7.04. The number of aliphatic hydroxyl groups excluding tert-OH is 5. The number of carbonyl (C=O) groups is 2. The molecule has 1 saturated heterocycles.